The molecule has 1 saturated heterocycles. The Morgan fingerprint density at radius 1 is 1.13 bits per heavy atom. The maximum atomic E-state index is 13.5. The Hall–Kier alpha value is -1.70. The first-order chi connectivity index (χ1) is 14.4. The van der Waals surface area contributed by atoms with Gasteiger partial charge in [-0.05, 0) is 49.2 Å². The Bertz CT molecular complexity index is 1060. The number of aromatic nitrogens is 1. The number of carbonyl (C=O) groups excluding carboxylic acids is 1. The number of carbonyl (C=O) groups is 1. The zero-order valence-corrected chi connectivity index (χ0v) is 19.3. The third-order valence-electron chi connectivity index (χ3n) is 5.14. The lowest BCUT2D eigenvalue weighted by Gasteiger charge is -2.29. The number of nitrogens with zero attached hydrogens (tertiary/aromatic N) is 3. The molecule has 0 atom stereocenters. The molecule has 0 radical (unpaired) electrons. The van der Waals surface area contributed by atoms with Gasteiger partial charge in [-0.25, -0.2) is 4.98 Å². The van der Waals surface area contributed by atoms with Crippen LogP contribution in [0.4, 0.5) is 5.13 Å². The SMILES string of the molecule is Cc1cc(C)c2sc(N(CCN3CCOCC3)C(=O)c3cc(Cl)cc(Cl)c3)nc2c1. The summed E-state index contributed by atoms with van der Waals surface area (Å²) in [6, 6.07) is 9.13. The second-order valence-electron chi connectivity index (χ2n) is 7.50. The van der Waals surface area contributed by atoms with Gasteiger partial charge >= 0.3 is 0 Å². The molecule has 30 heavy (non-hydrogen) atoms. The summed E-state index contributed by atoms with van der Waals surface area (Å²) >= 11 is 13.9. The van der Waals surface area contributed by atoms with E-state index in [0.717, 1.165) is 48.6 Å². The zero-order chi connectivity index (χ0) is 21.3. The lowest BCUT2D eigenvalue weighted by molar-refractivity contribution is 0.0391. The van der Waals surface area contributed by atoms with Crippen molar-refractivity contribution in [3.05, 3.63) is 57.1 Å². The van der Waals surface area contributed by atoms with Crippen LogP contribution in [0, 0.1) is 13.8 Å². The lowest BCUT2D eigenvalue weighted by atomic mass is 10.1. The highest BCUT2D eigenvalue weighted by Gasteiger charge is 2.24. The molecule has 0 bridgehead atoms. The maximum Gasteiger partial charge on any atom is 0.260 e. The van der Waals surface area contributed by atoms with Crippen molar-refractivity contribution >= 4 is 55.8 Å². The molecule has 0 saturated carbocycles. The first kappa shape index (κ1) is 21.5. The van der Waals surface area contributed by atoms with E-state index in [2.05, 4.69) is 30.9 Å². The van der Waals surface area contributed by atoms with E-state index in [1.54, 1.807) is 34.4 Å². The minimum atomic E-state index is -0.152. The number of halogens is 2. The number of amides is 1. The number of benzene rings is 2. The molecular formula is C22H23Cl2N3O2S. The molecule has 0 aliphatic carbocycles. The van der Waals surface area contributed by atoms with Gasteiger partial charge in [-0.1, -0.05) is 40.6 Å². The summed E-state index contributed by atoms with van der Waals surface area (Å²) in [5, 5.41) is 1.57. The Labute approximate surface area is 190 Å². The third kappa shape index (κ3) is 4.79. The van der Waals surface area contributed by atoms with Crippen molar-refractivity contribution in [2.24, 2.45) is 0 Å². The van der Waals surface area contributed by atoms with Crippen molar-refractivity contribution in [3.8, 4) is 0 Å². The van der Waals surface area contributed by atoms with Crippen LogP contribution in [0.1, 0.15) is 21.5 Å². The predicted octanol–water partition coefficient (Wildman–Crippen LogP) is 5.20. The number of hydrogen-bond acceptors (Lipinski definition) is 5. The average molecular weight is 464 g/mol. The van der Waals surface area contributed by atoms with Gasteiger partial charge < -0.3 is 4.74 Å². The Balaban J connectivity index is 1.69. The van der Waals surface area contributed by atoms with Gasteiger partial charge in [0.1, 0.15) is 0 Å². The summed E-state index contributed by atoms with van der Waals surface area (Å²) in [5.41, 5.74) is 3.70. The van der Waals surface area contributed by atoms with Crippen LogP contribution in [0.5, 0.6) is 0 Å². The molecule has 158 valence electrons. The average Bonchev–Trinajstić information content (AvgIpc) is 3.12. The normalized spacial score (nSPS) is 14.9. The van der Waals surface area contributed by atoms with E-state index in [-0.39, 0.29) is 5.91 Å². The molecule has 0 unspecified atom stereocenters. The van der Waals surface area contributed by atoms with Gasteiger partial charge in [-0.3, -0.25) is 14.6 Å². The molecule has 4 rings (SSSR count). The summed E-state index contributed by atoms with van der Waals surface area (Å²) in [4.78, 5) is 22.3. The molecule has 2 heterocycles. The van der Waals surface area contributed by atoms with E-state index in [9.17, 15) is 4.79 Å². The molecule has 1 fully saturated rings. The van der Waals surface area contributed by atoms with Crippen LogP contribution < -0.4 is 4.90 Å². The van der Waals surface area contributed by atoms with E-state index in [1.165, 1.54) is 5.56 Å². The molecule has 1 aliphatic heterocycles. The van der Waals surface area contributed by atoms with Gasteiger partial charge in [0.05, 0.1) is 23.4 Å². The molecule has 1 aromatic heterocycles. The number of thiazole rings is 1. The van der Waals surface area contributed by atoms with Crippen molar-refractivity contribution in [1.29, 1.82) is 0 Å². The Morgan fingerprint density at radius 3 is 2.53 bits per heavy atom. The summed E-state index contributed by atoms with van der Waals surface area (Å²) in [6.45, 7) is 8.58. The minimum absolute atomic E-state index is 0.152. The molecule has 0 N–H and O–H groups in total. The van der Waals surface area contributed by atoms with Crippen LogP contribution in [-0.4, -0.2) is 55.2 Å². The van der Waals surface area contributed by atoms with Crippen molar-refractivity contribution in [1.82, 2.24) is 9.88 Å². The largest absolute Gasteiger partial charge is 0.379 e. The van der Waals surface area contributed by atoms with Crippen molar-refractivity contribution in [2.75, 3.05) is 44.3 Å². The fourth-order valence-corrected chi connectivity index (χ4v) is 5.23. The van der Waals surface area contributed by atoms with Crippen LogP contribution in [-0.2, 0) is 4.74 Å². The van der Waals surface area contributed by atoms with Gasteiger partial charge in [-0.2, -0.15) is 0 Å². The van der Waals surface area contributed by atoms with Crippen molar-refractivity contribution < 1.29 is 9.53 Å². The number of aryl methyl sites for hydroxylation is 2. The molecule has 1 amide bonds. The first-order valence-corrected chi connectivity index (χ1v) is 11.4. The topological polar surface area (TPSA) is 45.7 Å². The van der Waals surface area contributed by atoms with Gasteiger partial charge in [-0.15, -0.1) is 0 Å². The minimum Gasteiger partial charge on any atom is -0.379 e. The summed E-state index contributed by atoms with van der Waals surface area (Å²) in [7, 11) is 0. The number of morpholine rings is 1. The monoisotopic (exact) mass is 463 g/mol. The number of fused-ring (bicyclic) bond motifs is 1. The Morgan fingerprint density at radius 2 is 1.83 bits per heavy atom. The highest BCUT2D eigenvalue weighted by Crippen LogP contribution is 2.33. The zero-order valence-electron chi connectivity index (χ0n) is 17.0. The molecule has 2 aromatic carbocycles. The Kier molecular flexibility index (Phi) is 6.60. The quantitative estimate of drug-likeness (QED) is 0.521. The highest BCUT2D eigenvalue weighted by molar-refractivity contribution is 7.22. The van der Waals surface area contributed by atoms with Gasteiger partial charge in [0, 0.05) is 41.8 Å². The summed E-state index contributed by atoms with van der Waals surface area (Å²) in [6.07, 6.45) is 0. The molecule has 1 aliphatic rings. The number of hydrogen-bond donors (Lipinski definition) is 0. The maximum absolute atomic E-state index is 13.5. The van der Waals surface area contributed by atoms with Crippen molar-refractivity contribution in [2.45, 2.75) is 13.8 Å². The standard InChI is InChI=1S/C22H23Cl2N3O2S/c1-14-9-15(2)20-19(10-14)25-22(30-20)27(4-3-26-5-7-29-8-6-26)21(28)16-11-17(23)13-18(24)12-16/h9-13H,3-8H2,1-2H3. The van der Waals surface area contributed by atoms with Crippen LogP contribution in [0.3, 0.4) is 0 Å². The smallest absolute Gasteiger partial charge is 0.260 e. The van der Waals surface area contributed by atoms with Crippen molar-refractivity contribution in [3.63, 3.8) is 0 Å². The van der Waals surface area contributed by atoms with E-state index in [4.69, 9.17) is 32.9 Å². The van der Waals surface area contributed by atoms with E-state index in [0.29, 0.717) is 27.3 Å². The van der Waals surface area contributed by atoms with E-state index >= 15 is 0 Å². The summed E-state index contributed by atoms with van der Waals surface area (Å²) in [5.74, 6) is -0.152. The molecule has 3 aromatic rings. The number of anilines is 1. The molecule has 8 heteroatoms. The van der Waals surface area contributed by atoms with Crippen LogP contribution in [0.2, 0.25) is 10.0 Å². The fraction of sp³-hybridized carbons (Fsp3) is 0.364. The van der Waals surface area contributed by atoms with E-state index < -0.39 is 0 Å². The van der Waals surface area contributed by atoms with Crippen LogP contribution >= 0.6 is 34.5 Å². The number of rotatable bonds is 5. The van der Waals surface area contributed by atoms with Crippen LogP contribution in [0.15, 0.2) is 30.3 Å². The summed E-state index contributed by atoms with van der Waals surface area (Å²) < 4.78 is 6.54. The second-order valence-corrected chi connectivity index (χ2v) is 9.35. The second kappa shape index (κ2) is 9.20. The van der Waals surface area contributed by atoms with Gasteiger partial charge in [0.15, 0.2) is 5.13 Å². The molecule has 5 nitrogen and oxygen atoms in total. The van der Waals surface area contributed by atoms with Gasteiger partial charge in [0.25, 0.3) is 5.91 Å². The molecule has 0 spiro atoms. The third-order valence-corrected chi connectivity index (χ3v) is 6.80. The number of ether oxygens (including phenoxy) is 1. The first-order valence-electron chi connectivity index (χ1n) is 9.86. The van der Waals surface area contributed by atoms with E-state index in [1.807, 2.05) is 0 Å². The predicted molar refractivity (Wildman–Crippen MR) is 124 cm³/mol. The van der Waals surface area contributed by atoms with Gasteiger partial charge in [0.2, 0.25) is 0 Å². The fourth-order valence-electron chi connectivity index (χ4n) is 3.66. The van der Waals surface area contributed by atoms with Crippen LogP contribution in [0.25, 0.3) is 10.2 Å². The molecular weight excluding hydrogens is 441 g/mol. The lowest BCUT2D eigenvalue weighted by Crippen LogP contribution is -2.43. The highest BCUT2D eigenvalue weighted by atomic mass is 35.5.